The number of esters is 2. The molecule has 10 heteroatoms. The molecule has 1 heterocycles. The Bertz CT molecular complexity index is 2660. The minimum absolute atomic E-state index is 0.156. The first-order valence-corrected chi connectivity index (χ1v) is 27.7. The van der Waals surface area contributed by atoms with Gasteiger partial charge in [-0.25, -0.2) is 9.59 Å². The zero-order chi connectivity index (χ0) is 53.7. The topological polar surface area (TPSA) is 86.8 Å². The fraction of sp³-hybridized carbons (Fsp3) is 0.375. The van der Waals surface area contributed by atoms with Crippen LogP contribution in [0, 0.1) is 47.5 Å². The summed E-state index contributed by atoms with van der Waals surface area (Å²) in [5.41, 5.74) is 16.0. The van der Waals surface area contributed by atoms with Crippen molar-refractivity contribution in [2.24, 2.45) is 5.92 Å². The molecule has 74 heavy (non-hydrogen) atoms. The number of allylic oxidation sites excluding steroid dienone is 2. The van der Waals surface area contributed by atoms with Crippen LogP contribution in [0.4, 0.5) is 11.4 Å². The molecule has 5 aromatic rings. The van der Waals surface area contributed by atoms with Crippen LogP contribution in [0.25, 0.3) is 0 Å². The molecule has 2 aliphatic carbocycles. The van der Waals surface area contributed by atoms with Gasteiger partial charge in [-0.15, -0.1) is 0 Å². The second-order valence-corrected chi connectivity index (χ2v) is 21.4. The summed E-state index contributed by atoms with van der Waals surface area (Å²) in [6, 6.07) is 31.5. The van der Waals surface area contributed by atoms with Gasteiger partial charge < -0.3 is 18.9 Å². The summed E-state index contributed by atoms with van der Waals surface area (Å²) in [5, 5.41) is 0. The Hall–Kier alpha value is -6.38. The standard InChI is InChI=1S/C21H26N2.C16H20O3.C11H12O3.C10H12O.C6H10.Ru/c1-14-9-16(3)20(17(4)10-14)22-7-8-23(13-22)21-18(5)11-15(2)12-19(21)6;1-12-3-4-13(11-12)9-10-19-15-7-5-14(6-8-15)16(17)18-2;1-3-8-14-10-6-4-9(5-7-10)11(12)13-2;1-8(2)11-10-7-5-4-6-9(10)3;1-6-4-2-3-5-6;/h9-12H,7-8H2,1-6H3;5-9,12H,3-4,10-11H2,1-2H3;3-7H,1,8H2,2H3;3-8H,1-2H3;1-5H2;/b;13-9+;;;;. The van der Waals surface area contributed by atoms with Crippen LogP contribution in [0.3, 0.4) is 0 Å². The Morgan fingerprint density at radius 1 is 0.689 bits per heavy atom. The summed E-state index contributed by atoms with van der Waals surface area (Å²) >= 11 is -0.205. The molecule has 1 aliphatic heterocycles. The second kappa shape index (κ2) is 29.5. The SMILES string of the molecule is C=C1CCCC1.C=CCOc1ccc(C(=O)OC)cc1.COC(=O)c1ccc(OC/C=C2\CCC(C)C2)cc1.Cc1cc(C)c(N2CCN(c3c(C)cc(C)cc3C)[C]2=[Ru]=[CH]c2ccccc2OC(C)C)c(C)c1. The predicted octanol–water partition coefficient (Wildman–Crippen LogP) is 14.4. The molecule has 0 N–H and O–H groups in total. The van der Waals surface area contributed by atoms with Gasteiger partial charge in [0.25, 0.3) is 0 Å². The molecule has 1 unspecified atom stereocenters. The Kier molecular flexibility index (Phi) is 23.3. The van der Waals surface area contributed by atoms with Crippen molar-refractivity contribution in [1.82, 2.24) is 0 Å². The Balaban J connectivity index is 0.000000216. The Morgan fingerprint density at radius 2 is 1.16 bits per heavy atom. The van der Waals surface area contributed by atoms with Crippen molar-refractivity contribution in [3.05, 3.63) is 184 Å². The van der Waals surface area contributed by atoms with Gasteiger partial charge in [-0.1, -0.05) is 37.3 Å². The van der Waals surface area contributed by atoms with E-state index in [1.165, 1.54) is 125 Å². The molecule has 3 aliphatic rings. The van der Waals surface area contributed by atoms with Crippen LogP contribution in [0.2, 0.25) is 0 Å². The molecule has 0 radical (unpaired) electrons. The molecule has 5 aromatic carbocycles. The van der Waals surface area contributed by atoms with Crippen molar-refractivity contribution in [3.8, 4) is 17.2 Å². The van der Waals surface area contributed by atoms with Crippen molar-refractivity contribution >= 4 is 32.3 Å². The van der Waals surface area contributed by atoms with Gasteiger partial charge in [0, 0.05) is 0 Å². The normalized spacial score (nSPS) is 15.3. The van der Waals surface area contributed by atoms with Crippen molar-refractivity contribution in [2.45, 2.75) is 113 Å². The number of benzene rings is 5. The molecule has 1 saturated heterocycles. The van der Waals surface area contributed by atoms with Crippen LogP contribution in [-0.2, 0) is 25.7 Å². The molecule has 0 aromatic heterocycles. The van der Waals surface area contributed by atoms with Gasteiger partial charge in [0.2, 0.25) is 0 Å². The molecule has 2 saturated carbocycles. The van der Waals surface area contributed by atoms with Crippen molar-refractivity contribution in [1.29, 1.82) is 0 Å². The molecule has 3 fully saturated rings. The molecule has 0 bridgehead atoms. The third-order valence-electron chi connectivity index (χ3n) is 12.7. The van der Waals surface area contributed by atoms with E-state index in [9.17, 15) is 9.59 Å². The number of methoxy groups -OCH3 is 2. The number of ether oxygens (including phenoxy) is 5. The van der Waals surface area contributed by atoms with Gasteiger partial charge in [0.15, 0.2) is 0 Å². The number of anilines is 2. The summed E-state index contributed by atoms with van der Waals surface area (Å²) < 4.78 is 30.1. The summed E-state index contributed by atoms with van der Waals surface area (Å²) in [5.74, 6) is 2.59. The zero-order valence-electron chi connectivity index (χ0n) is 45.9. The van der Waals surface area contributed by atoms with Gasteiger partial charge in [0.05, 0.1) is 25.3 Å². The average Bonchev–Trinajstić information content (AvgIpc) is 4.14. The third kappa shape index (κ3) is 17.6. The molecule has 396 valence electrons. The van der Waals surface area contributed by atoms with E-state index in [4.69, 9.17) is 14.2 Å². The minimum atomic E-state index is -0.347. The van der Waals surface area contributed by atoms with Crippen LogP contribution in [0.15, 0.2) is 134 Å². The number of para-hydroxylation sites is 1. The van der Waals surface area contributed by atoms with Crippen LogP contribution in [0.5, 0.6) is 17.2 Å². The summed E-state index contributed by atoms with van der Waals surface area (Å²) in [4.78, 5) is 27.5. The fourth-order valence-electron chi connectivity index (χ4n) is 9.43. The molecular formula is C64H80N2O7Ru. The molecular weight excluding hydrogens is 1010 g/mol. The quantitative estimate of drug-likeness (QED) is 0.0650. The molecule has 1 atom stereocenters. The van der Waals surface area contributed by atoms with Crippen molar-refractivity contribution < 1.29 is 49.5 Å². The number of aryl methyl sites for hydroxylation is 6. The number of nitrogens with zero attached hydrogens (tertiary/aromatic N) is 2. The number of carbonyl (C=O) groups excluding carboxylic acids is 2. The van der Waals surface area contributed by atoms with Crippen LogP contribution >= 0.6 is 0 Å². The van der Waals surface area contributed by atoms with E-state index >= 15 is 0 Å². The van der Waals surface area contributed by atoms with Gasteiger partial charge in [-0.2, -0.15) is 0 Å². The first kappa shape index (κ1) is 58.5. The maximum absolute atomic E-state index is 11.3. The Morgan fingerprint density at radius 3 is 1.57 bits per heavy atom. The fourth-order valence-corrected chi connectivity index (χ4v) is 11.7. The van der Waals surface area contributed by atoms with Crippen LogP contribution < -0.4 is 24.0 Å². The van der Waals surface area contributed by atoms with E-state index in [0.29, 0.717) is 30.1 Å². The summed E-state index contributed by atoms with van der Waals surface area (Å²) in [6.07, 6.45) is 13.0. The third-order valence-corrected chi connectivity index (χ3v) is 14.9. The van der Waals surface area contributed by atoms with Crippen molar-refractivity contribution in [2.75, 3.05) is 50.3 Å². The summed E-state index contributed by atoms with van der Waals surface area (Å²) in [7, 11) is 2.73. The molecule has 0 amide bonds. The number of hydrogen-bond donors (Lipinski definition) is 0. The first-order chi connectivity index (χ1) is 35.5. The maximum atomic E-state index is 11.3. The second-order valence-electron chi connectivity index (χ2n) is 19.6. The van der Waals surface area contributed by atoms with E-state index in [1.54, 1.807) is 54.6 Å². The zero-order valence-corrected chi connectivity index (χ0v) is 47.7. The average molecular weight is 1090 g/mol. The van der Waals surface area contributed by atoms with Gasteiger partial charge >= 0.3 is 231 Å². The van der Waals surface area contributed by atoms with Crippen LogP contribution in [-0.4, -0.2) is 67.5 Å². The van der Waals surface area contributed by atoms with Gasteiger partial charge in [-0.05, 0) is 105 Å². The number of carbonyl (C=O) groups is 2. The van der Waals surface area contributed by atoms with E-state index in [2.05, 4.69) is 154 Å². The number of hydrogen-bond acceptors (Lipinski definition) is 9. The Labute approximate surface area is 449 Å². The number of rotatable bonds is 13. The monoisotopic (exact) mass is 1090 g/mol. The first-order valence-electron chi connectivity index (χ1n) is 25.9. The predicted molar refractivity (Wildman–Crippen MR) is 304 cm³/mol. The van der Waals surface area contributed by atoms with E-state index in [-0.39, 0.29) is 34.3 Å². The van der Waals surface area contributed by atoms with Gasteiger partial charge in [-0.3, -0.25) is 0 Å². The summed E-state index contributed by atoms with van der Waals surface area (Å²) in [6.45, 7) is 30.3. The molecule has 8 rings (SSSR count). The van der Waals surface area contributed by atoms with E-state index in [0.717, 1.165) is 30.5 Å². The van der Waals surface area contributed by atoms with Crippen LogP contribution in [0.1, 0.15) is 125 Å². The molecule has 9 nitrogen and oxygen atoms in total. The van der Waals surface area contributed by atoms with Gasteiger partial charge in [0.1, 0.15) is 24.7 Å². The molecule has 0 spiro atoms. The van der Waals surface area contributed by atoms with Crippen molar-refractivity contribution in [3.63, 3.8) is 0 Å². The van der Waals surface area contributed by atoms with E-state index < -0.39 is 0 Å². The van der Waals surface area contributed by atoms with E-state index in [1.807, 2.05) is 0 Å².